The lowest BCUT2D eigenvalue weighted by atomic mass is 10.4. The zero-order valence-corrected chi connectivity index (χ0v) is 6.74. The molecule has 7 heteroatoms. The summed E-state index contributed by atoms with van der Waals surface area (Å²) in [4.78, 5) is 0. The third kappa shape index (κ3) is 2.74. The van der Waals surface area contributed by atoms with Crippen LogP contribution in [0.4, 0.5) is 13.2 Å². The number of hydrogen-bond donors (Lipinski definition) is 1. The third-order valence-corrected chi connectivity index (χ3v) is 1.98. The maximum absolute atomic E-state index is 11.8. The van der Waals surface area contributed by atoms with Gasteiger partial charge in [0.05, 0.1) is 6.42 Å². The summed E-state index contributed by atoms with van der Waals surface area (Å²) in [6.45, 7) is 0.134. The van der Waals surface area contributed by atoms with E-state index >= 15 is 0 Å². The van der Waals surface area contributed by atoms with Gasteiger partial charge in [-0.2, -0.15) is 13.2 Å². The molecule has 1 heterocycles. The predicted molar refractivity (Wildman–Crippen MR) is 37.6 cm³/mol. The first-order valence-corrected chi connectivity index (χ1v) is 3.91. The van der Waals surface area contributed by atoms with Crippen molar-refractivity contribution in [3.8, 4) is 0 Å². The summed E-state index contributed by atoms with van der Waals surface area (Å²) in [6, 6.07) is 0. The average molecular weight is 197 g/mol. The van der Waals surface area contributed by atoms with E-state index in [1.165, 1.54) is 0 Å². The highest BCUT2D eigenvalue weighted by Gasteiger charge is 2.29. The van der Waals surface area contributed by atoms with E-state index in [9.17, 15) is 13.2 Å². The van der Waals surface area contributed by atoms with E-state index in [1.54, 1.807) is 0 Å². The largest absolute Gasteiger partial charge is 0.395 e. The molecule has 1 aromatic heterocycles. The predicted octanol–water partition coefficient (Wildman–Crippen LogP) is 1.10. The molecule has 0 unspecified atom stereocenters. The lowest BCUT2D eigenvalue weighted by Crippen LogP contribution is -2.11. The number of nitrogens with two attached hydrogens (primary N) is 1. The molecule has 1 aromatic rings. The van der Waals surface area contributed by atoms with Crippen molar-refractivity contribution in [2.75, 3.05) is 0 Å². The molecule has 0 aliphatic rings. The summed E-state index contributed by atoms with van der Waals surface area (Å²) in [5, 5.41) is 7.19. The van der Waals surface area contributed by atoms with E-state index in [1.807, 2.05) is 0 Å². The molecule has 1 rings (SSSR count). The summed E-state index contributed by atoms with van der Waals surface area (Å²) in [7, 11) is 0. The van der Waals surface area contributed by atoms with Crippen molar-refractivity contribution in [3.63, 3.8) is 0 Å². The molecular formula is C5H6F3N3S. The van der Waals surface area contributed by atoms with Crippen molar-refractivity contribution in [2.45, 2.75) is 19.1 Å². The molecule has 0 atom stereocenters. The summed E-state index contributed by atoms with van der Waals surface area (Å²) >= 11 is 0.893. The maximum Gasteiger partial charge on any atom is 0.395 e. The monoisotopic (exact) mass is 197 g/mol. The van der Waals surface area contributed by atoms with Crippen LogP contribution in [0.15, 0.2) is 0 Å². The Bertz CT molecular complexity index is 257. The maximum atomic E-state index is 11.8. The minimum Gasteiger partial charge on any atom is -0.324 e. The van der Waals surface area contributed by atoms with Crippen molar-refractivity contribution in [1.29, 1.82) is 0 Å². The lowest BCUT2D eigenvalue weighted by molar-refractivity contribution is -0.127. The van der Waals surface area contributed by atoms with Crippen LogP contribution in [0.1, 0.15) is 10.0 Å². The first kappa shape index (κ1) is 9.40. The number of halogens is 3. The number of alkyl halides is 3. The smallest absolute Gasteiger partial charge is 0.324 e. The van der Waals surface area contributed by atoms with E-state index in [-0.39, 0.29) is 11.6 Å². The number of nitrogens with zero attached hydrogens (tertiary/aromatic N) is 2. The van der Waals surface area contributed by atoms with Crippen LogP contribution in [-0.2, 0) is 13.0 Å². The van der Waals surface area contributed by atoms with Crippen molar-refractivity contribution >= 4 is 11.3 Å². The Labute approximate surface area is 70.4 Å². The van der Waals surface area contributed by atoms with Crippen molar-refractivity contribution in [1.82, 2.24) is 10.2 Å². The van der Waals surface area contributed by atoms with Gasteiger partial charge in [0.2, 0.25) is 0 Å². The van der Waals surface area contributed by atoms with Crippen molar-refractivity contribution in [2.24, 2.45) is 5.73 Å². The van der Waals surface area contributed by atoms with E-state index in [2.05, 4.69) is 10.2 Å². The van der Waals surface area contributed by atoms with Crippen molar-refractivity contribution < 1.29 is 13.2 Å². The zero-order valence-electron chi connectivity index (χ0n) is 5.93. The molecule has 12 heavy (non-hydrogen) atoms. The van der Waals surface area contributed by atoms with Gasteiger partial charge in [-0.3, -0.25) is 0 Å². The van der Waals surface area contributed by atoms with Crippen LogP contribution in [0.2, 0.25) is 0 Å². The van der Waals surface area contributed by atoms with Crippen LogP contribution in [0.3, 0.4) is 0 Å². The van der Waals surface area contributed by atoms with E-state index in [0.717, 1.165) is 11.3 Å². The van der Waals surface area contributed by atoms with Crippen LogP contribution < -0.4 is 5.73 Å². The SMILES string of the molecule is NCc1nnc(CC(F)(F)F)s1. The van der Waals surface area contributed by atoms with Crippen LogP contribution in [0.5, 0.6) is 0 Å². The fourth-order valence-corrected chi connectivity index (χ4v) is 1.37. The normalized spacial score (nSPS) is 12.0. The number of rotatable bonds is 2. The first-order valence-electron chi connectivity index (χ1n) is 3.09. The summed E-state index contributed by atoms with van der Waals surface area (Å²) in [6.07, 6.45) is -5.24. The average Bonchev–Trinajstić information content (AvgIpc) is 2.32. The Morgan fingerprint density at radius 2 is 1.83 bits per heavy atom. The molecule has 2 N–H and O–H groups in total. The Balaban J connectivity index is 2.64. The molecule has 0 aliphatic heterocycles. The first-order chi connectivity index (χ1) is 5.51. The molecule has 0 spiro atoms. The standard InChI is InChI=1S/C5H6F3N3S/c6-5(7,8)1-3-10-11-4(2-9)12-3/h1-2,9H2. The van der Waals surface area contributed by atoms with Gasteiger partial charge in [-0.15, -0.1) is 10.2 Å². The Morgan fingerprint density at radius 3 is 2.25 bits per heavy atom. The Morgan fingerprint density at radius 1 is 1.25 bits per heavy atom. The van der Waals surface area contributed by atoms with Gasteiger partial charge >= 0.3 is 6.18 Å². The van der Waals surface area contributed by atoms with Crippen LogP contribution in [0, 0.1) is 0 Å². The highest BCUT2D eigenvalue weighted by atomic mass is 32.1. The minimum atomic E-state index is -4.22. The molecule has 0 aliphatic carbocycles. The second-order valence-corrected chi connectivity index (χ2v) is 3.23. The second kappa shape index (κ2) is 3.36. The molecule has 0 saturated carbocycles. The van der Waals surface area contributed by atoms with Gasteiger partial charge in [-0.05, 0) is 0 Å². The van der Waals surface area contributed by atoms with Gasteiger partial charge in [0.15, 0.2) is 0 Å². The highest BCUT2D eigenvalue weighted by Crippen LogP contribution is 2.22. The van der Waals surface area contributed by atoms with E-state index in [4.69, 9.17) is 5.73 Å². The van der Waals surface area contributed by atoms with Crippen LogP contribution >= 0.6 is 11.3 Å². The highest BCUT2D eigenvalue weighted by molar-refractivity contribution is 7.11. The zero-order chi connectivity index (χ0) is 9.19. The van der Waals surface area contributed by atoms with Gasteiger partial charge < -0.3 is 5.73 Å². The fraction of sp³-hybridized carbons (Fsp3) is 0.600. The second-order valence-electron chi connectivity index (χ2n) is 2.09. The molecule has 0 amide bonds. The summed E-state index contributed by atoms with van der Waals surface area (Å²) in [5.41, 5.74) is 5.15. The van der Waals surface area contributed by atoms with Gasteiger partial charge in [0, 0.05) is 6.54 Å². The van der Waals surface area contributed by atoms with Gasteiger partial charge in [-0.25, -0.2) is 0 Å². The lowest BCUT2D eigenvalue weighted by Gasteiger charge is -2.00. The van der Waals surface area contributed by atoms with Gasteiger partial charge in [-0.1, -0.05) is 11.3 Å². The molecular weight excluding hydrogens is 191 g/mol. The molecule has 3 nitrogen and oxygen atoms in total. The van der Waals surface area contributed by atoms with Crippen LogP contribution in [-0.4, -0.2) is 16.4 Å². The Hall–Kier alpha value is -0.690. The molecule has 0 aromatic carbocycles. The van der Waals surface area contributed by atoms with E-state index in [0.29, 0.717) is 5.01 Å². The van der Waals surface area contributed by atoms with Gasteiger partial charge in [0.25, 0.3) is 0 Å². The molecule has 68 valence electrons. The molecule has 0 fully saturated rings. The number of aromatic nitrogens is 2. The Kier molecular flexibility index (Phi) is 2.63. The van der Waals surface area contributed by atoms with Gasteiger partial charge in [0.1, 0.15) is 10.0 Å². The quantitative estimate of drug-likeness (QED) is 0.772. The molecule has 0 bridgehead atoms. The summed E-state index contributed by atoms with van der Waals surface area (Å²) in [5.74, 6) is 0. The number of hydrogen-bond acceptors (Lipinski definition) is 4. The van der Waals surface area contributed by atoms with E-state index < -0.39 is 12.6 Å². The topological polar surface area (TPSA) is 51.8 Å². The third-order valence-electron chi connectivity index (χ3n) is 1.03. The summed E-state index contributed by atoms with van der Waals surface area (Å²) < 4.78 is 35.3. The van der Waals surface area contributed by atoms with Crippen molar-refractivity contribution in [3.05, 3.63) is 10.0 Å². The molecule has 0 radical (unpaired) electrons. The molecule has 0 saturated heterocycles. The fourth-order valence-electron chi connectivity index (χ4n) is 0.614. The minimum absolute atomic E-state index is 0.0389. The van der Waals surface area contributed by atoms with Crippen LogP contribution in [0.25, 0.3) is 0 Å².